The van der Waals surface area contributed by atoms with Gasteiger partial charge in [0.05, 0.1) is 25.4 Å². The highest BCUT2D eigenvalue weighted by Gasteiger charge is 2.54. The van der Waals surface area contributed by atoms with Crippen molar-refractivity contribution in [2.24, 2.45) is 35.5 Å². The van der Waals surface area contributed by atoms with Gasteiger partial charge in [-0.2, -0.15) is 0 Å². The lowest BCUT2D eigenvalue weighted by Gasteiger charge is -2.58. The van der Waals surface area contributed by atoms with Gasteiger partial charge >= 0.3 is 0 Å². The maximum absolute atomic E-state index is 6.27. The van der Waals surface area contributed by atoms with E-state index in [0.717, 1.165) is 48.7 Å². The fraction of sp³-hybridized carbons (Fsp3) is 1.00. The van der Waals surface area contributed by atoms with Crippen LogP contribution in [0.15, 0.2) is 0 Å². The zero-order valence-corrected chi connectivity index (χ0v) is 11.7. The van der Waals surface area contributed by atoms with Crippen molar-refractivity contribution in [1.82, 2.24) is 0 Å². The highest BCUT2D eigenvalue weighted by Crippen LogP contribution is 2.53. The summed E-state index contributed by atoms with van der Waals surface area (Å²) in [6.45, 7) is 6.80. The molecule has 0 N–H and O–H groups in total. The second-order valence-corrected chi connectivity index (χ2v) is 7.57. The molecule has 2 aliphatic heterocycles. The van der Waals surface area contributed by atoms with Crippen LogP contribution in [0.4, 0.5) is 0 Å². The maximum Gasteiger partial charge on any atom is 0.0613 e. The van der Waals surface area contributed by atoms with Crippen molar-refractivity contribution in [3.8, 4) is 0 Å². The molecule has 4 rings (SSSR count). The van der Waals surface area contributed by atoms with E-state index in [1.165, 1.54) is 25.7 Å². The predicted octanol–water partition coefficient (Wildman–Crippen LogP) is 3.11. The Hall–Kier alpha value is -0.0800. The fourth-order valence-corrected chi connectivity index (χ4v) is 5.59. The third kappa shape index (κ3) is 1.68. The standard InChI is InChI=1S/C16H26O2/c1-9-3-11-7-18-14-6-10(2)4-12-8-17-13(5-9)15(11)16(12)14/h9-16H,3-8H2,1-2H3. The van der Waals surface area contributed by atoms with Crippen molar-refractivity contribution in [3.05, 3.63) is 0 Å². The first-order chi connectivity index (χ1) is 8.72. The molecule has 2 heterocycles. The molecule has 0 aromatic rings. The third-order valence-electron chi connectivity index (χ3n) is 6.12. The van der Waals surface area contributed by atoms with Crippen LogP contribution in [0.3, 0.4) is 0 Å². The highest BCUT2D eigenvalue weighted by atomic mass is 16.5. The van der Waals surface area contributed by atoms with E-state index in [0.29, 0.717) is 12.2 Å². The Balaban J connectivity index is 1.64. The molecule has 0 radical (unpaired) electrons. The molecule has 2 nitrogen and oxygen atoms in total. The van der Waals surface area contributed by atoms with Crippen LogP contribution in [0.1, 0.15) is 39.5 Å². The van der Waals surface area contributed by atoms with Gasteiger partial charge in [0.15, 0.2) is 0 Å². The first-order valence-corrected chi connectivity index (χ1v) is 7.95. The largest absolute Gasteiger partial charge is 0.378 e. The van der Waals surface area contributed by atoms with Gasteiger partial charge in [-0.15, -0.1) is 0 Å². The fourth-order valence-electron chi connectivity index (χ4n) is 5.59. The Kier molecular flexibility index (Phi) is 2.74. The van der Waals surface area contributed by atoms with Crippen LogP contribution >= 0.6 is 0 Å². The molecule has 4 fully saturated rings. The Morgan fingerprint density at radius 2 is 1.11 bits per heavy atom. The molecule has 0 bridgehead atoms. The zero-order valence-electron chi connectivity index (χ0n) is 11.7. The van der Waals surface area contributed by atoms with E-state index < -0.39 is 0 Å². The average molecular weight is 250 g/mol. The summed E-state index contributed by atoms with van der Waals surface area (Å²) >= 11 is 0. The first-order valence-electron chi connectivity index (χ1n) is 7.95. The molecule has 0 spiro atoms. The quantitative estimate of drug-likeness (QED) is 0.657. The number of ether oxygens (including phenoxy) is 2. The van der Waals surface area contributed by atoms with Gasteiger partial charge in [0.2, 0.25) is 0 Å². The van der Waals surface area contributed by atoms with Crippen LogP contribution in [-0.4, -0.2) is 25.4 Å². The molecule has 8 unspecified atom stereocenters. The molecule has 0 aromatic heterocycles. The summed E-state index contributed by atoms with van der Waals surface area (Å²) in [7, 11) is 0. The molecule has 0 aromatic carbocycles. The normalized spacial score (nSPS) is 59.0. The van der Waals surface area contributed by atoms with Gasteiger partial charge < -0.3 is 9.47 Å². The minimum atomic E-state index is 0.555. The van der Waals surface area contributed by atoms with Gasteiger partial charge in [0, 0.05) is 0 Å². The third-order valence-corrected chi connectivity index (χ3v) is 6.12. The second-order valence-electron chi connectivity index (χ2n) is 7.57. The van der Waals surface area contributed by atoms with E-state index in [4.69, 9.17) is 9.47 Å². The van der Waals surface area contributed by atoms with Crippen molar-refractivity contribution >= 4 is 0 Å². The minimum absolute atomic E-state index is 0.555. The predicted molar refractivity (Wildman–Crippen MR) is 70.2 cm³/mol. The molecule has 4 aliphatic rings. The van der Waals surface area contributed by atoms with E-state index >= 15 is 0 Å². The first kappa shape index (κ1) is 11.7. The average Bonchev–Trinajstić information content (AvgIpc) is 2.34. The molecule has 2 heteroatoms. The Morgan fingerprint density at radius 3 is 1.56 bits per heavy atom. The van der Waals surface area contributed by atoms with E-state index in [2.05, 4.69) is 13.8 Å². The summed E-state index contributed by atoms with van der Waals surface area (Å²) < 4.78 is 12.5. The summed E-state index contributed by atoms with van der Waals surface area (Å²) in [6.07, 6.45) is 6.45. The molecule has 2 saturated heterocycles. The van der Waals surface area contributed by atoms with Crippen LogP contribution < -0.4 is 0 Å². The van der Waals surface area contributed by atoms with Gasteiger partial charge in [-0.1, -0.05) is 13.8 Å². The lowest BCUT2D eigenvalue weighted by Crippen LogP contribution is -2.59. The van der Waals surface area contributed by atoms with Gasteiger partial charge in [0.1, 0.15) is 0 Å². The van der Waals surface area contributed by atoms with Gasteiger partial charge in [0.25, 0.3) is 0 Å². The van der Waals surface area contributed by atoms with Crippen LogP contribution in [-0.2, 0) is 9.47 Å². The Bertz CT molecular complexity index is 269. The number of hydrogen-bond acceptors (Lipinski definition) is 2. The van der Waals surface area contributed by atoms with Crippen LogP contribution in [0.25, 0.3) is 0 Å². The summed E-state index contributed by atoms with van der Waals surface area (Å²) in [5.41, 5.74) is 0. The Morgan fingerprint density at radius 1 is 0.667 bits per heavy atom. The van der Waals surface area contributed by atoms with Crippen LogP contribution in [0.5, 0.6) is 0 Å². The molecule has 2 aliphatic carbocycles. The van der Waals surface area contributed by atoms with Gasteiger partial charge in [-0.3, -0.25) is 0 Å². The van der Waals surface area contributed by atoms with Gasteiger partial charge in [-0.25, -0.2) is 0 Å². The van der Waals surface area contributed by atoms with Crippen molar-refractivity contribution in [2.75, 3.05) is 13.2 Å². The van der Waals surface area contributed by atoms with Crippen molar-refractivity contribution in [2.45, 2.75) is 51.7 Å². The number of hydrogen-bond donors (Lipinski definition) is 0. The van der Waals surface area contributed by atoms with E-state index in [-0.39, 0.29) is 0 Å². The minimum Gasteiger partial charge on any atom is -0.378 e. The zero-order chi connectivity index (χ0) is 12.3. The smallest absolute Gasteiger partial charge is 0.0613 e. The lowest BCUT2D eigenvalue weighted by atomic mass is 9.57. The molecule has 2 saturated carbocycles. The molecule has 102 valence electrons. The van der Waals surface area contributed by atoms with Crippen LogP contribution in [0, 0.1) is 35.5 Å². The summed E-state index contributed by atoms with van der Waals surface area (Å²) in [4.78, 5) is 0. The molecule has 8 atom stereocenters. The molecular formula is C16H26O2. The van der Waals surface area contributed by atoms with E-state index in [9.17, 15) is 0 Å². The molecular weight excluding hydrogens is 224 g/mol. The van der Waals surface area contributed by atoms with Crippen molar-refractivity contribution in [1.29, 1.82) is 0 Å². The lowest BCUT2D eigenvalue weighted by molar-refractivity contribution is -0.233. The highest BCUT2D eigenvalue weighted by molar-refractivity contribution is 5.02. The van der Waals surface area contributed by atoms with Gasteiger partial charge in [-0.05, 0) is 61.2 Å². The SMILES string of the molecule is CC1CC2COC3CC(C)CC4COC(C1)C2C43. The topological polar surface area (TPSA) is 18.5 Å². The van der Waals surface area contributed by atoms with Crippen LogP contribution in [0.2, 0.25) is 0 Å². The van der Waals surface area contributed by atoms with E-state index in [1.54, 1.807) is 0 Å². The molecule has 0 amide bonds. The van der Waals surface area contributed by atoms with E-state index in [1.807, 2.05) is 0 Å². The molecule has 18 heavy (non-hydrogen) atoms. The monoisotopic (exact) mass is 250 g/mol. The Labute approximate surface area is 110 Å². The van der Waals surface area contributed by atoms with Crippen molar-refractivity contribution < 1.29 is 9.47 Å². The maximum atomic E-state index is 6.27. The number of rotatable bonds is 0. The summed E-state index contributed by atoms with van der Waals surface area (Å²) in [5.74, 6) is 4.88. The summed E-state index contributed by atoms with van der Waals surface area (Å²) in [5, 5.41) is 0. The van der Waals surface area contributed by atoms with Crippen molar-refractivity contribution in [3.63, 3.8) is 0 Å². The second kappa shape index (κ2) is 4.21. The summed E-state index contributed by atoms with van der Waals surface area (Å²) in [6, 6.07) is 0.